The molecule has 0 radical (unpaired) electrons. The lowest BCUT2D eigenvalue weighted by molar-refractivity contribution is -0.140. The first-order chi connectivity index (χ1) is 15.2. The maximum absolute atomic E-state index is 13.5. The van der Waals surface area contributed by atoms with Gasteiger partial charge in [-0.1, -0.05) is 0 Å². The summed E-state index contributed by atoms with van der Waals surface area (Å²) in [7, 11) is -4.23. The first kappa shape index (κ1) is 24.9. The van der Waals surface area contributed by atoms with Crippen molar-refractivity contribution in [3.63, 3.8) is 0 Å². The van der Waals surface area contributed by atoms with Gasteiger partial charge in [-0.15, -0.1) is 0 Å². The van der Waals surface area contributed by atoms with Gasteiger partial charge in [-0.05, 0) is 49.9 Å². The predicted molar refractivity (Wildman–Crippen MR) is 101 cm³/mol. The molecule has 0 unspecified atom stereocenters. The molecule has 0 bridgehead atoms. The third-order valence-corrected chi connectivity index (χ3v) is 7.65. The molecule has 33 heavy (non-hydrogen) atoms. The third-order valence-electron chi connectivity index (χ3n) is 5.39. The summed E-state index contributed by atoms with van der Waals surface area (Å²) in [6.45, 7) is 0. The predicted octanol–water partition coefficient (Wildman–Crippen LogP) is 4.77. The molecule has 1 fully saturated rings. The number of benzene rings is 1. The molecule has 0 atom stereocenters. The third kappa shape index (κ3) is 5.45. The lowest BCUT2D eigenvalue weighted by Crippen LogP contribution is -2.40. The minimum absolute atomic E-state index is 0.0504. The van der Waals surface area contributed by atoms with Gasteiger partial charge in [0.05, 0.1) is 26.8 Å². The highest BCUT2D eigenvalue weighted by molar-refractivity contribution is 7.92. The number of nitrogens with zero attached hydrogens (tertiary/aromatic N) is 1. The second-order valence-electron chi connectivity index (χ2n) is 7.55. The topological polar surface area (TPSA) is 76.1 Å². The Hall–Kier alpha value is -2.70. The van der Waals surface area contributed by atoms with Gasteiger partial charge >= 0.3 is 12.4 Å². The van der Waals surface area contributed by atoms with Gasteiger partial charge in [0.15, 0.2) is 9.84 Å². The molecule has 1 aromatic carbocycles. The average Bonchev–Trinajstić information content (AvgIpc) is 2.73. The van der Waals surface area contributed by atoms with Crippen molar-refractivity contribution >= 4 is 15.7 Å². The highest BCUT2D eigenvalue weighted by Gasteiger charge is 2.39. The van der Waals surface area contributed by atoms with E-state index in [1.54, 1.807) is 0 Å². The number of carbonyl (C=O) groups is 1. The van der Waals surface area contributed by atoms with Gasteiger partial charge in [-0.25, -0.2) is 12.8 Å². The first-order valence-electron chi connectivity index (χ1n) is 9.64. The highest BCUT2D eigenvalue weighted by atomic mass is 32.2. The van der Waals surface area contributed by atoms with Crippen molar-refractivity contribution in [3.05, 3.63) is 59.2 Å². The molecule has 1 aromatic heterocycles. The van der Waals surface area contributed by atoms with Crippen LogP contribution >= 0.6 is 0 Å². The Balaban J connectivity index is 1.70. The average molecular weight is 498 g/mol. The molecule has 5 nitrogen and oxygen atoms in total. The Morgan fingerprint density at radius 1 is 0.939 bits per heavy atom. The van der Waals surface area contributed by atoms with Crippen LogP contribution in [0.2, 0.25) is 0 Å². The van der Waals surface area contributed by atoms with Crippen LogP contribution in [0.15, 0.2) is 41.6 Å². The van der Waals surface area contributed by atoms with Crippen LogP contribution in [0.3, 0.4) is 0 Å². The summed E-state index contributed by atoms with van der Waals surface area (Å²) in [5, 5.41) is 1.34. The molecule has 1 amide bonds. The zero-order chi connectivity index (χ0) is 24.6. The summed E-state index contributed by atoms with van der Waals surface area (Å²) in [5.74, 6) is -2.61. The second-order valence-corrected chi connectivity index (χ2v) is 9.78. The molecule has 1 N–H and O–H groups in total. The molecule has 1 aliphatic rings. The summed E-state index contributed by atoms with van der Waals surface area (Å²) in [4.78, 5) is 15.2. The summed E-state index contributed by atoms with van der Waals surface area (Å²) < 4.78 is 117. The lowest BCUT2D eigenvalue weighted by atomic mass is 9.94. The van der Waals surface area contributed by atoms with Gasteiger partial charge in [0.1, 0.15) is 5.82 Å². The van der Waals surface area contributed by atoms with Crippen LogP contribution in [0.4, 0.5) is 30.7 Å². The summed E-state index contributed by atoms with van der Waals surface area (Å²) in [6.07, 6.45) is -8.12. The Bertz CT molecular complexity index is 1140. The number of alkyl halides is 6. The van der Waals surface area contributed by atoms with E-state index >= 15 is 0 Å². The standard InChI is InChI=1S/C20H17F7N2O3S/c21-17-6-5-13(9-16(17)20(25,26)27)33(31,32)12-3-1-11(2-4-12)29-18(30)14-10-28-8-7-15(14)19(22,23)24/h5-12H,1-4H2,(H,29,30). The molecule has 1 saturated carbocycles. The van der Waals surface area contributed by atoms with E-state index in [2.05, 4.69) is 10.3 Å². The molecule has 2 aromatic rings. The van der Waals surface area contributed by atoms with Crippen molar-refractivity contribution < 1.29 is 43.9 Å². The fourth-order valence-corrected chi connectivity index (χ4v) is 5.51. The number of amides is 1. The van der Waals surface area contributed by atoms with E-state index in [0.717, 1.165) is 18.5 Å². The van der Waals surface area contributed by atoms with Crippen LogP contribution in [0, 0.1) is 5.82 Å². The van der Waals surface area contributed by atoms with Gasteiger partial charge in [0.25, 0.3) is 5.91 Å². The number of rotatable bonds is 4. The van der Waals surface area contributed by atoms with Gasteiger partial charge in [-0.3, -0.25) is 9.78 Å². The van der Waals surface area contributed by atoms with Crippen molar-refractivity contribution in [2.45, 2.75) is 54.2 Å². The maximum Gasteiger partial charge on any atom is 0.419 e. The molecule has 13 heteroatoms. The first-order valence-corrected chi connectivity index (χ1v) is 11.2. The largest absolute Gasteiger partial charge is 0.419 e. The van der Waals surface area contributed by atoms with Crippen LogP contribution < -0.4 is 5.32 Å². The zero-order valence-corrected chi connectivity index (χ0v) is 17.5. The van der Waals surface area contributed by atoms with E-state index in [9.17, 15) is 43.9 Å². The molecule has 180 valence electrons. The van der Waals surface area contributed by atoms with E-state index in [1.165, 1.54) is 0 Å². The number of hydrogen-bond acceptors (Lipinski definition) is 4. The molecular formula is C20H17F7N2O3S. The maximum atomic E-state index is 13.5. The molecule has 0 saturated heterocycles. The minimum atomic E-state index is -5.07. The number of sulfone groups is 1. The van der Waals surface area contributed by atoms with E-state index in [-0.39, 0.29) is 31.7 Å². The van der Waals surface area contributed by atoms with E-state index in [0.29, 0.717) is 12.1 Å². The molecule has 0 spiro atoms. The number of halogens is 7. The van der Waals surface area contributed by atoms with E-state index < -0.39 is 66.8 Å². The minimum Gasteiger partial charge on any atom is -0.349 e. The van der Waals surface area contributed by atoms with E-state index in [1.807, 2.05) is 0 Å². The molecule has 1 heterocycles. The van der Waals surface area contributed by atoms with Crippen LogP contribution in [0.1, 0.15) is 47.2 Å². The monoisotopic (exact) mass is 498 g/mol. The lowest BCUT2D eigenvalue weighted by Gasteiger charge is -2.29. The fraction of sp³-hybridized carbons (Fsp3) is 0.400. The number of aromatic nitrogens is 1. The summed E-state index contributed by atoms with van der Waals surface area (Å²) in [5.41, 5.74) is -3.53. The number of carbonyl (C=O) groups excluding carboxylic acids is 1. The summed E-state index contributed by atoms with van der Waals surface area (Å²) in [6, 6.07) is 1.47. The Morgan fingerprint density at radius 2 is 1.55 bits per heavy atom. The normalized spacial score (nSPS) is 19.8. The molecule has 0 aliphatic heterocycles. The Kier molecular flexibility index (Phi) is 6.74. The number of nitrogens with one attached hydrogen (secondary N) is 1. The smallest absolute Gasteiger partial charge is 0.349 e. The Labute approximate surface area is 183 Å². The van der Waals surface area contributed by atoms with Crippen LogP contribution in [0.25, 0.3) is 0 Å². The highest BCUT2D eigenvalue weighted by Crippen LogP contribution is 2.36. The number of pyridine rings is 1. The van der Waals surface area contributed by atoms with Crippen LogP contribution in [-0.4, -0.2) is 30.6 Å². The van der Waals surface area contributed by atoms with Gasteiger partial charge < -0.3 is 5.32 Å². The van der Waals surface area contributed by atoms with E-state index in [4.69, 9.17) is 0 Å². The number of hydrogen-bond donors (Lipinski definition) is 1. The zero-order valence-electron chi connectivity index (χ0n) is 16.7. The van der Waals surface area contributed by atoms with Crippen LogP contribution in [-0.2, 0) is 22.2 Å². The molecule has 1 aliphatic carbocycles. The van der Waals surface area contributed by atoms with Gasteiger partial charge in [0.2, 0.25) is 0 Å². The van der Waals surface area contributed by atoms with Crippen molar-refractivity contribution in [2.24, 2.45) is 0 Å². The van der Waals surface area contributed by atoms with Crippen molar-refractivity contribution in [2.75, 3.05) is 0 Å². The SMILES string of the molecule is O=C(NC1CCC(S(=O)(=O)c2ccc(F)c(C(F)(F)F)c2)CC1)c1cnccc1C(F)(F)F. The second kappa shape index (κ2) is 8.92. The Morgan fingerprint density at radius 3 is 2.12 bits per heavy atom. The van der Waals surface area contributed by atoms with Gasteiger partial charge in [-0.2, -0.15) is 26.3 Å². The van der Waals surface area contributed by atoms with Gasteiger partial charge in [0, 0.05) is 18.4 Å². The van der Waals surface area contributed by atoms with Crippen LogP contribution in [0.5, 0.6) is 0 Å². The quantitative estimate of drug-likeness (QED) is 0.487. The van der Waals surface area contributed by atoms with Crippen molar-refractivity contribution in [1.29, 1.82) is 0 Å². The van der Waals surface area contributed by atoms with Crippen molar-refractivity contribution in [3.8, 4) is 0 Å². The summed E-state index contributed by atoms with van der Waals surface area (Å²) >= 11 is 0. The molecule has 3 rings (SSSR count). The fourth-order valence-electron chi connectivity index (χ4n) is 3.69. The molecular weight excluding hydrogens is 481 g/mol. The van der Waals surface area contributed by atoms with Crippen molar-refractivity contribution in [1.82, 2.24) is 10.3 Å².